The largest absolute Gasteiger partial charge is 0.286 e. The first kappa shape index (κ1) is 56.3. The van der Waals surface area contributed by atoms with Gasteiger partial charge in [0, 0.05) is 17.0 Å². The zero-order valence-electron chi connectivity index (χ0n) is 33.5. The average molecular weight is 947 g/mol. The van der Waals surface area contributed by atoms with E-state index in [1.807, 2.05) is 36.4 Å². The van der Waals surface area contributed by atoms with Crippen molar-refractivity contribution in [3.8, 4) is 12.1 Å². The highest BCUT2D eigenvalue weighted by molar-refractivity contribution is 7.85. The summed E-state index contributed by atoms with van der Waals surface area (Å²) in [5.41, 5.74) is 11.4. The standard InChI is InChI=1S/3C13H13P.C2H3P.3CH4O3S/c3*14-13(11-7-3-1-4-8-11)12-9-5-2-6-10-12;1-2-3;3*1-5(2,3)4/h3*1-10,13H,14H2;1H,3H2;3*1H3,(H,2,3,4). The second-order valence-electron chi connectivity index (χ2n) is 12.3. The van der Waals surface area contributed by atoms with Gasteiger partial charge in [-0.1, -0.05) is 197 Å². The van der Waals surface area contributed by atoms with Gasteiger partial charge in [-0.3, -0.25) is 13.7 Å². The lowest BCUT2D eigenvalue weighted by atomic mass is 10.0. The molecule has 0 saturated heterocycles. The minimum atomic E-state index is -3.67. The Kier molecular flexibility index (Phi) is 29.3. The average Bonchev–Trinajstić information content (AvgIpc) is 3.21. The lowest BCUT2D eigenvalue weighted by molar-refractivity contribution is 0.488. The summed E-state index contributed by atoms with van der Waals surface area (Å²) in [4.78, 5) is 0. The molecule has 0 aliphatic carbocycles. The molecule has 4 unspecified atom stereocenters. The van der Waals surface area contributed by atoms with Crippen LogP contribution in [0.2, 0.25) is 0 Å². The van der Waals surface area contributed by atoms with Crippen LogP contribution in [0.4, 0.5) is 0 Å². The van der Waals surface area contributed by atoms with Gasteiger partial charge < -0.3 is 0 Å². The van der Waals surface area contributed by atoms with E-state index in [4.69, 9.17) is 13.7 Å². The molecule has 3 N–H and O–H groups in total. The highest BCUT2D eigenvalue weighted by Crippen LogP contribution is 2.32. The van der Waals surface area contributed by atoms with E-state index in [-0.39, 0.29) is 0 Å². The molecule has 0 aliphatic heterocycles. The van der Waals surface area contributed by atoms with E-state index in [1.54, 1.807) is 0 Å². The molecule has 16 heteroatoms. The topological polar surface area (TPSA) is 163 Å². The van der Waals surface area contributed by atoms with Gasteiger partial charge in [0.05, 0.1) is 18.8 Å². The van der Waals surface area contributed by atoms with E-state index >= 15 is 0 Å². The van der Waals surface area contributed by atoms with E-state index in [9.17, 15) is 25.3 Å². The van der Waals surface area contributed by atoms with Gasteiger partial charge in [0.25, 0.3) is 30.4 Å². The molecule has 60 heavy (non-hydrogen) atoms. The molecule has 4 atom stereocenters. The molecule has 0 aliphatic rings. The van der Waals surface area contributed by atoms with Crippen molar-refractivity contribution in [2.75, 3.05) is 18.8 Å². The third-order valence-corrected chi connectivity index (χ3v) is 9.26. The maximum Gasteiger partial charge on any atom is 0.261 e. The van der Waals surface area contributed by atoms with Gasteiger partial charge in [0.15, 0.2) is 0 Å². The molecule has 0 saturated carbocycles. The summed E-state index contributed by atoms with van der Waals surface area (Å²) in [5.74, 6) is 0. The monoisotopic (exact) mass is 946 g/mol. The maximum absolute atomic E-state index is 9.19. The minimum Gasteiger partial charge on any atom is -0.286 e. The molecule has 6 aromatic rings. The lowest BCUT2D eigenvalue weighted by Gasteiger charge is -2.11. The Balaban J connectivity index is 0.000000727. The number of benzene rings is 6. The summed E-state index contributed by atoms with van der Waals surface area (Å²) in [5, 5.41) is 0. The van der Waals surface area contributed by atoms with Crippen molar-refractivity contribution in [1.82, 2.24) is 0 Å². The van der Waals surface area contributed by atoms with E-state index in [2.05, 4.69) is 195 Å². The third-order valence-electron chi connectivity index (χ3n) is 6.95. The molecule has 0 radical (unpaired) electrons. The predicted molar refractivity (Wildman–Crippen MR) is 264 cm³/mol. The normalized spacial score (nSPS) is 10.3. The van der Waals surface area contributed by atoms with Crippen molar-refractivity contribution in [3.05, 3.63) is 215 Å². The highest BCUT2D eigenvalue weighted by atomic mass is 32.2. The van der Waals surface area contributed by atoms with Crippen LogP contribution in [0.3, 0.4) is 0 Å². The van der Waals surface area contributed by atoms with Crippen LogP contribution in [0.25, 0.3) is 0 Å². The Morgan fingerprint density at radius 3 is 0.533 bits per heavy atom. The Morgan fingerprint density at radius 2 is 0.450 bits per heavy atom. The highest BCUT2D eigenvalue weighted by Gasteiger charge is 2.08. The Bertz CT molecular complexity index is 1970. The molecular formula is C44H54O9P4S3. The molecule has 0 amide bonds. The van der Waals surface area contributed by atoms with E-state index in [0.717, 1.165) is 0 Å². The zero-order valence-corrected chi connectivity index (χ0v) is 40.5. The predicted octanol–water partition coefficient (Wildman–Crippen LogP) is 9.92. The molecule has 9 nitrogen and oxygen atoms in total. The summed E-state index contributed by atoms with van der Waals surface area (Å²) < 4.78 is 77.6. The van der Waals surface area contributed by atoms with Crippen LogP contribution >= 0.6 is 37.0 Å². The quantitative estimate of drug-likeness (QED) is 0.0838. The van der Waals surface area contributed by atoms with Gasteiger partial charge >= 0.3 is 0 Å². The first-order chi connectivity index (χ1) is 28.0. The number of hydrogen-bond acceptors (Lipinski definition) is 6. The molecule has 0 aromatic heterocycles. The van der Waals surface area contributed by atoms with Crippen molar-refractivity contribution < 1.29 is 38.9 Å². The Labute approximate surface area is 367 Å². The van der Waals surface area contributed by atoms with Crippen LogP contribution in [0.1, 0.15) is 50.4 Å². The van der Waals surface area contributed by atoms with Crippen LogP contribution in [0.5, 0.6) is 0 Å². The van der Waals surface area contributed by atoms with Crippen molar-refractivity contribution in [2.45, 2.75) is 17.0 Å². The molecule has 322 valence electrons. The molecule has 0 heterocycles. The van der Waals surface area contributed by atoms with E-state index in [1.165, 1.54) is 33.4 Å². The van der Waals surface area contributed by atoms with Crippen molar-refractivity contribution in [3.63, 3.8) is 0 Å². The van der Waals surface area contributed by atoms with Crippen LogP contribution in [-0.2, 0) is 30.4 Å². The Morgan fingerprint density at radius 1 is 0.367 bits per heavy atom. The van der Waals surface area contributed by atoms with Crippen LogP contribution in [-0.4, -0.2) is 57.7 Å². The fourth-order valence-corrected chi connectivity index (χ4v) is 5.87. The molecule has 0 bridgehead atoms. The second kappa shape index (κ2) is 31.2. The molecule has 0 spiro atoms. The van der Waals surface area contributed by atoms with Gasteiger partial charge in [-0.25, -0.2) is 0 Å². The maximum atomic E-state index is 9.19. The summed E-state index contributed by atoms with van der Waals surface area (Å²) in [6, 6.07) is 63.1. The number of rotatable bonds is 6. The second-order valence-corrected chi connectivity index (χ2v) is 19.0. The van der Waals surface area contributed by atoms with Gasteiger partial charge in [-0.15, -0.1) is 34.1 Å². The SMILES string of the molecule is C#CP.CS(=O)(=O)O.CS(=O)(=O)O.CS(=O)(=O)O.PC(c1ccccc1)c1ccccc1.PC(c1ccccc1)c1ccccc1.PC(c1ccccc1)c1ccccc1. The van der Waals surface area contributed by atoms with Gasteiger partial charge in [0.1, 0.15) is 0 Å². The fraction of sp³-hybridized carbons (Fsp3) is 0.136. The first-order valence-electron chi connectivity index (χ1n) is 17.5. The fourth-order valence-electron chi connectivity index (χ4n) is 4.54. The Hall–Kier alpha value is -3.67. The van der Waals surface area contributed by atoms with Gasteiger partial charge in [-0.05, 0) is 33.4 Å². The summed E-state index contributed by atoms with van der Waals surface area (Å²) in [7, 11) is -0.234. The molecule has 6 aromatic carbocycles. The summed E-state index contributed by atoms with van der Waals surface area (Å²) in [6.07, 6.45) is 6.71. The van der Waals surface area contributed by atoms with E-state index in [0.29, 0.717) is 35.7 Å². The summed E-state index contributed by atoms with van der Waals surface area (Å²) >= 11 is 0. The van der Waals surface area contributed by atoms with Crippen LogP contribution < -0.4 is 0 Å². The van der Waals surface area contributed by atoms with E-state index < -0.39 is 30.4 Å². The lowest BCUT2D eigenvalue weighted by Crippen LogP contribution is -1.90. The van der Waals surface area contributed by atoms with Crippen molar-refractivity contribution in [2.24, 2.45) is 0 Å². The van der Waals surface area contributed by atoms with Crippen LogP contribution in [0, 0.1) is 12.1 Å². The molecule has 6 rings (SSSR count). The number of hydrogen-bond donors (Lipinski definition) is 3. The zero-order chi connectivity index (χ0) is 45.6. The van der Waals surface area contributed by atoms with Gasteiger partial charge in [-0.2, -0.15) is 25.3 Å². The summed E-state index contributed by atoms with van der Waals surface area (Å²) in [6.45, 7) is 0. The first-order valence-corrected chi connectivity index (χ1v) is 25.7. The molecule has 0 fully saturated rings. The van der Waals surface area contributed by atoms with Gasteiger partial charge in [0.2, 0.25) is 0 Å². The minimum absolute atomic E-state index is 0.400. The van der Waals surface area contributed by atoms with Crippen LogP contribution in [0.15, 0.2) is 182 Å². The number of terminal acetylenes is 1. The van der Waals surface area contributed by atoms with Crippen molar-refractivity contribution >= 4 is 67.3 Å². The smallest absolute Gasteiger partial charge is 0.261 e. The molecular weight excluding hydrogens is 893 g/mol. The van der Waals surface area contributed by atoms with Crippen molar-refractivity contribution in [1.29, 1.82) is 0 Å². The third kappa shape index (κ3) is 33.1.